The van der Waals surface area contributed by atoms with E-state index in [0.717, 1.165) is 11.3 Å². The van der Waals surface area contributed by atoms with E-state index in [4.69, 9.17) is 5.73 Å². The molecule has 0 saturated heterocycles. The smallest absolute Gasteiger partial charge is 0.276 e. The van der Waals surface area contributed by atoms with E-state index in [9.17, 15) is 4.79 Å². The summed E-state index contributed by atoms with van der Waals surface area (Å²) in [6.45, 7) is 5.03. The van der Waals surface area contributed by atoms with Crippen LogP contribution in [-0.2, 0) is 13.0 Å². The first kappa shape index (κ1) is 16.1. The third kappa shape index (κ3) is 3.88. The summed E-state index contributed by atoms with van der Waals surface area (Å²) < 4.78 is 1.58. The molecule has 118 valence electrons. The molecule has 0 aliphatic carbocycles. The molecule has 1 atom stereocenters. The van der Waals surface area contributed by atoms with Gasteiger partial charge in [-0.3, -0.25) is 14.5 Å². The van der Waals surface area contributed by atoms with E-state index in [0.29, 0.717) is 25.2 Å². The number of hydrogen-bond donors (Lipinski definition) is 1. The molecule has 0 spiro atoms. The lowest BCUT2D eigenvalue weighted by Gasteiger charge is -2.23. The summed E-state index contributed by atoms with van der Waals surface area (Å²) in [6.07, 6.45) is 4.11. The van der Waals surface area contributed by atoms with Gasteiger partial charge in [-0.15, -0.1) is 5.10 Å². The van der Waals surface area contributed by atoms with Crippen LogP contribution in [0.15, 0.2) is 24.5 Å². The number of nitrogens with zero attached hydrogens (tertiary/aromatic N) is 5. The second-order valence-electron chi connectivity index (χ2n) is 5.45. The summed E-state index contributed by atoms with van der Waals surface area (Å²) in [4.78, 5) is 18.4. The number of rotatable bonds is 6. The summed E-state index contributed by atoms with van der Waals surface area (Å²) >= 11 is 0. The van der Waals surface area contributed by atoms with Crippen LogP contribution in [0.1, 0.15) is 28.7 Å². The zero-order chi connectivity index (χ0) is 16.1. The van der Waals surface area contributed by atoms with Crippen LogP contribution >= 0.6 is 0 Å². The van der Waals surface area contributed by atoms with Crippen molar-refractivity contribution in [1.29, 1.82) is 0 Å². The lowest BCUT2D eigenvalue weighted by Crippen LogP contribution is -2.36. The van der Waals surface area contributed by atoms with Crippen molar-refractivity contribution in [2.45, 2.75) is 32.9 Å². The van der Waals surface area contributed by atoms with Gasteiger partial charge in [-0.1, -0.05) is 5.21 Å². The summed E-state index contributed by atoms with van der Waals surface area (Å²) in [5, 5.41) is 7.80. The molecule has 22 heavy (non-hydrogen) atoms. The Morgan fingerprint density at radius 1 is 1.50 bits per heavy atom. The van der Waals surface area contributed by atoms with E-state index < -0.39 is 0 Å². The average molecular weight is 302 g/mol. The molecule has 0 aliphatic heterocycles. The van der Waals surface area contributed by atoms with Gasteiger partial charge in [-0.2, -0.15) is 0 Å². The van der Waals surface area contributed by atoms with Crippen LogP contribution in [0, 0.1) is 6.92 Å². The molecule has 2 N–H and O–H groups in total. The van der Waals surface area contributed by atoms with Crippen LogP contribution in [0.5, 0.6) is 0 Å². The molecule has 7 nitrogen and oxygen atoms in total. The third-order valence-corrected chi connectivity index (χ3v) is 3.57. The van der Waals surface area contributed by atoms with Crippen molar-refractivity contribution in [3.8, 4) is 0 Å². The predicted molar refractivity (Wildman–Crippen MR) is 83.3 cm³/mol. The monoisotopic (exact) mass is 302 g/mol. The summed E-state index contributed by atoms with van der Waals surface area (Å²) in [6, 6.07) is 4.01. The molecule has 7 heteroatoms. The Bertz CT molecular complexity index is 638. The molecule has 2 rings (SSSR count). The van der Waals surface area contributed by atoms with E-state index in [1.165, 1.54) is 0 Å². The van der Waals surface area contributed by atoms with Crippen LogP contribution in [0.2, 0.25) is 0 Å². The average Bonchev–Trinajstić information content (AvgIpc) is 2.94. The molecule has 0 radical (unpaired) electrons. The Kier molecular flexibility index (Phi) is 5.21. The van der Waals surface area contributed by atoms with E-state index in [-0.39, 0.29) is 11.9 Å². The van der Waals surface area contributed by atoms with Crippen molar-refractivity contribution in [3.05, 3.63) is 41.5 Å². The third-order valence-electron chi connectivity index (χ3n) is 3.57. The summed E-state index contributed by atoms with van der Waals surface area (Å²) in [7, 11) is 1.77. The second kappa shape index (κ2) is 7.13. The van der Waals surface area contributed by atoms with Gasteiger partial charge in [-0.25, -0.2) is 0 Å². The molecular formula is C15H22N6O. The lowest BCUT2D eigenvalue weighted by molar-refractivity contribution is 0.0737. The van der Waals surface area contributed by atoms with Gasteiger partial charge in [0.2, 0.25) is 0 Å². The zero-order valence-electron chi connectivity index (χ0n) is 13.2. The van der Waals surface area contributed by atoms with Gasteiger partial charge in [0.1, 0.15) is 0 Å². The number of carbonyl (C=O) groups is 1. The van der Waals surface area contributed by atoms with Gasteiger partial charge in [-0.05, 0) is 31.5 Å². The fraction of sp³-hybridized carbons (Fsp3) is 0.467. The number of amides is 1. The fourth-order valence-electron chi connectivity index (χ4n) is 2.17. The maximum absolute atomic E-state index is 12.4. The Morgan fingerprint density at radius 2 is 2.27 bits per heavy atom. The van der Waals surface area contributed by atoms with Crippen molar-refractivity contribution in [3.63, 3.8) is 0 Å². The number of aromatic nitrogens is 4. The highest BCUT2D eigenvalue weighted by Crippen LogP contribution is 2.10. The first-order chi connectivity index (χ1) is 10.5. The number of likely N-dealkylation sites (N-methyl/N-ethyl adjacent to an activating group) is 1. The Balaban J connectivity index is 2.02. The Morgan fingerprint density at radius 3 is 2.95 bits per heavy atom. The van der Waals surface area contributed by atoms with Crippen molar-refractivity contribution in [2.75, 3.05) is 13.6 Å². The first-order valence-electron chi connectivity index (χ1n) is 7.30. The molecule has 0 aliphatic rings. The van der Waals surface area contributed by atoms with E-state index in [1.54, 1.807) is 29.0 Å². The lowest BCUT2D eigenvalue weighted by atomic mass is 10.1. The summed E-state index contributed by atoms with van der Waals surface area (Å²) in [5.74, 6) is -0.150. The highest BCUT2D eigenvalue weighted by atomic mass is 16.2. The Labute approximate surface area is 130 Å². The second-order valence-corrected chi connectivity index (χ2v) is 5.45. The van der Waals surface area contributed by atoms with Gasteiger partial charge in [0, 0.05) is 37.9 Å². The van der Waals surface area contributed by atoms with Crippen LogP contribution in [0.4, 0.5) is 0 Å². The van der Waals surface area contributed by atoms with Gasteiger partial charge in [0.15, 0.2) is 5.69 Å². The number of pyridine rings is 1. The summed E-state index contributed by atoms with van der Waals surface area (Å²) in [5.41, 5.74) is 7.93. The number of nitrogens with two attached hydrogens (primary N) is 1. The highest BCUT2D eigenvalue weighted by Gasteiger charge is 2.21. The van der Waals surface area contributed by atoms with Gasteiger partial charge in [0.25, 0.3) is 5.91 Å². The van der Waals surface area contributed by atoms with Crippen LogP contribution in [0.3, 0.4) is 0 Å². The molecule has 0 aromatic carbocycles. The van der Waals surface area contributed by atoms with Crippen LogP contribution < -0.4 is 5.73 Å². The SMILES string of the molecule is Cc1ccnc(C[C@@H](C)N(C)C(=O)c2cn(CCN)nn2)c1. The molecule has 2 aromatic heterocycles. The maximum Gasteiger partial charge on any atom is 0.276 e. The topological polar surface area (TPSA) is 89.9 Å². The van der Waals surface area contributed by atoms with Crippen molar-refractivity contribution in [2.24, 2.45) is 5.73 Å². The predicted octanol–water partition coefficient (Wildman–Crippen LogP) is 0.643. The van der Waals surface area contributed by atoms with Crippen molar-refractivity contribution in [1.82, 2.24) is 24.9 Å². The largest absolute Gasteiger partial charge is 0.337 e. The fourth-order valence-corrected chi connectivity index (χ4v) is 2.17. The van der Waals surface area contributed by atoms with Crippen LogP contribution in [-0.4, -0.2) is 50.4 Å². The van der Waals surface area contributed by atoms with E-state index in [1.807, 2.05) is 26.0 Å². The minimum Gasteiger partial charge on any atom is -0.337 e. The molecule has 0 fully saturated rings. The first-order valence-corrected chi connectivity index (χ1v) is 7.30. The molecule has 0 unspecified atom stereocenters. The van der Waals surface area contributed by atoms with Crippen molar-refractivity contribution >= 4 is 5.91 Å². The number of aryl methyl sites for hydroxylation is 1. The van der Waals surface area contributed by atoms with E-state index in [2.05, 4.69) is 15.3 Å². The zero-order valence-corrected chi connectivity index (χ0v) is 13.2. The van der Waals surface area contributed by atoms with Gasteiger partial charge < -0.3 is 10.6 Å². The molecule has 0 saturated carbocycles. The van der Waals surface area contributed by atoms with Gasteiger partial charge >= 0.3 is 0 Å². The van der Waals surface area contributed by atoms with Gasteiger partial charge in [0.05, 0.1) is 12.7 Å². The number of carbonyl (C=O) groups excluding carboxylic acids is 1. The van der Waals surface area contributed by atoms with Crippen molar-refractivity contribution < 1.29 is 4.79 Å². The molecule has 2 heterocycles. The molecular weight excluding hydrogens is 280 g/mol. The minimum atomic E-state index is -0.150. The molecule has 1 amide bonds. The van der Waals surface area contributed by atoms with E-state index >= 15 is 0 Å². The normalized spacial score (nSPS) is 12.2. The quantitative estimate of drug-likeness (QED) is 0.846. The highest BCUT2D eigenvalue weighted by molar-refractivity contribution is 5.91. The standard InChI is InChI=1S/C15H22N6O/c1-11-4-6-17-13(8-11)9-12(2)20(3)15(22)14-10-21(7-5-16)19-18-14/h4,6,8,10,12H,5,7,9,16H2,1-3H3/t12-/m1/s1. The maximum atomic E-state index is 12.4. The number of hydrogen-bond acceptors (Lipinski definition) is 5. The Hall–Kier alpha value is -2.28. The molecule has 0 bridgehead atoms. The molecule has 2 aromatic rings. The van der Waals surface area contributed by atoms with Crippen LogP contribution in [0.25, 0.3) is 0 Å². The minimum absolute atomic E-state index is 0.0152.